The minimum absolute atomic E-state index is 0.328. The average molecular weight is 571 g/mol. The van der Waals surface area contributed by atoms with E-state index in [0.717, 1.165) is 0 Å². The third kappa shape index (κ3) is 6.14. The molecule has 1 aliphatic rings. The summed E-state index contributed by atoms with van der Waals surface area (Å²) in [5.74, 6) is -1.76. The van der Waals surface area contributed by atoms with Gasteiger partial charge in [-0.3, -0.25) is 9.59 Å². The van der Waals surface area contributed by atoms with Gasteiger partial charge in [0.05, 0.1) is 22.5 Å². The lowest BCUT2D eigenvalue weighted by Crippen LogP contribution is -2.59. The molecule has 2 aromatic carbocycles. The van der Waals surface area contributed by atoms with E-state index in [0.29, 0.717) is 27.6 Å². The smallest absolute Gasteiger partial charge is 0.306 e. The van der Waals surface area contributed by atoms with Crippen LogP contribution in [-0.2, 0) is 24.2 Å². The van der Waals surface area contributed by atoms with Crippen molar-refractivity contribution in [1.29, 1.82) is 0 Å². The number of nitrogens with zero attached hydrogens (tertiary/aromatic N) is 1. The first-order chi connectivity index (χ1) is 17.2. The van der Waals surface area contributed by atoms with Gasteiger partial charge in [-0.2, -0.15) is 0 Å². The van der Waals surface area contributed by atoms with Crippen LogP contribution in [0, 0.1) is 0 Å². The Morgan fingerprint density at radius 2 is 1.70 bits per heavy atom. The Balaban J connectivity index is 2.26. The van der Waals surface area contributed by atoms with Gasteiger partial charge in [-0.25, -0.2) is 8.42 Å². The second-order valence-corrected chi connectivity index (χ2v) is 14.2. The zero-order valence-electron chi connectivity index (χ0n) is 21.5. The van der Waals surface area contributed by atoms with Crippen molar-refractivity contribution in [3.63, 3.8) is 0 Å². The highest BCUT2D eigenvalue weighted by molar-refractivity contribution is 7.93. The lowest BCUT2D eigenvalue weighted by atomic mass is 9.89. The number of benzene rings is 2. The molecule has 10 heteroatoms. The standard InChI is InChI=1S/C27H33Cl2NO6S/c1-6-21(16(2)37(34,35)27(3,4)5)30-24(17-10-12-19(28)13-11-17)25(18-8-7-9-20(29)14-18)36-22(26(30)33)15-23(31)32/h7-14,16,21-22,24-25H,6,15H2,1-5H3,(H,31,32)/t16-,21+,22-,24-,25-/m1/s1. The Bertz CT molecular complexity index is 1240. The molecule has 37 heavy (non-hydrogen) atoms. The highest BCUT2D eigenvalue weighted by Crippen LogP contribution is 2.45. The van der Waals surface area contributed by atoms with Gasteiger partial charge < -0.3 is 14.7 Å². The first kappa shape index (κ1) is 29.4. The Morgan fingerprint density at radius 1 is 1.08 bits per heavy atom. The summed E-state index contributed by atoms with van der Waals surface area (Å²) in [6.07, 6.45) is -2.34. The van der Waals surface area contributed by atoms with Crippen LogP contribution >= 0.6 is 23.2 Å². The lowest BCUT2D eigenvalue weighted by molar-refractivity contribution is -0.183. The number of carboxylic acid groups (broad SMARTS) is 1. The molecule has 1 fully saturated rings. The number of aliphatic carboxylic acids is 1. The molecule has 0 spiro atoms. The number of hydrogen-bond donors (Lipinski definition) is 1. The van der Waals surface area contributed by atoms with Crippen molar-refractivity contribution in [2.75, 3.05) is 0 Å². The summed E-state index contributed by atoms with van der Waals surface area (Å²) >= 11 is 12.4. The molecule has 1 aliphatic heterocycles. The van der Waals surface area contributed by atoms with E-state index in [1.165, 1.54) is 4.90 Å². The van der Waals surface area contributed by atoms with Crippen molar-refractivity contribution in [3.05, 3.63) is 69.7 Å². The lowest BCUT2D eigenvalue weighted by Gasteiger charge is -2.49. The monoisotopic (exact) mass is 569 g/mol. The third-order valence-corrected chi connectivity index (χ3v) is 10.3. The summed E-state index contributed by atoms with van der Waals surface area (Å²) in [5.41, 5.74) is 1.32. The predicted molar refractivity (Wildman–Crippen MR) is 145 cm³/mol. The number of amides is 1. The third-order valence-electron chi connectivity index (χ3n) is 6.84. The zero-order chi connectivity index (χ0) is 27.7. The Hall–Kier alpha value is -2.13. The number of hydrogen-bond acceptors (Lipinski definition) is 5. The highest BCUT2D eigenvalue weighted by Gasteiger charge is 2.50. The topological polar surface area (TPSA) is 101 Å². The molecule has 1 amide bonds. The van der Waals surface area contributed by atoms with Crippen molar-refractivity contribution in [2.24, 2.45) is 0 Å². The fourth-order valence-electron chi connectivity index (χ4n) is 4.88. The first-order valence-corrected chi connectivity index (χ1v) is 14.4. The predicted octanol–water partition coefficient (Wildman–Crippen LogP) is 5.86. The largest absolute Gasteiger partial charge is 0.481 e. The van der Waals surface area contributed by atoms with E-state index >= 15 is 0 Å². The quantitative estimate of drug-likeness (QED) is 0.427. The minimum atomic E-state index is -3.70. The van der Waals surface area contributed by atoms with Gasteiger partial charge in [0.2, 0.25) is 0 Å². The van der Waals surface area contributed by atoms with Crippen LogP contribution in [-0.4, -0.2) is 52.4 Å². The van der Waals surface area contributed by atoms with E-state index in [1.54, 1.807) is 76.2 Å². The average Bonchev–Trinajstić information content (AvgIpc) is 2.81. The number of rotatable bonds is 8. The summed E-state index contributed by atoms with van der Waals surface area (Å²) in [4.78, 5) is 27.1. The van der Waals surface area contributed by atoms with E-state index in [1.807, 2.05) is 6.92 Å². The van der Waals surface area contributed by atoms with Crippen LogP contribution in [0.15, 0.2) is 48.5 Å². The first-order valence-electron chi connectivity index (χ1n) is 12.1. The number of ether oxygens (including phenoxy) is 1. The molecule has 1 N–H and O–H groups in total. The molecule has 0 bridgehead atoms. The van der Waals surface area contributed by atoms with E-state index in [-0.39, 0.29) is 0 Å². The molecule has 3 rings (SSSR count). The van der Waals surface area contributed by atoms with Crippen LogP contribution in [0.4, 0.5) is 0 Å². The highest BCUT2D eigenvalue weighted by atomic mass is 35.5. The van der Waals surface area contributed by atoms with Gasteiger partial charge >= 0.3 is 5.97 Å². The van der Waals surface area contributed by atoms with Crippen LogP contribution in [0.2, 0.25) is 10.0 Å². The van der Waals surface area contributed by atoms with Crippen molar-refractivity contribution < 1.29 is 27.9 Å². The molecule has 0 radical (unpaired) electrons. The molecule has 5 atom stereocenters. The molecule has 202 valence electrons. The van der Waals surface area contributed by atoms with Gasteiger partial charge in [-0.15, -0.1) is 0 Å². The molecule has 0 unspecified atom stereocenters. The molecule has 1 heterocycles. The van der Waals surface area contributed by atoms with E-state index in [2.05, 4.69) is 0 Å². The summed E-state index contributed by atoms with van der Waals surface area (Å²) in [6, 6.07) is 12.4. The minimum Gasteiger partial charge on any atom is -0.481 e. The maximum absolute atomic E-state index is 13.9. The molecular formula is C27H33Cl2NO6S. The number of morpholine rings is 1. The molecule has 0 aromatic heterocycles. The van der Waals surface area contributed by atoms with Gasteiger partial charge in [-0.1, -0.05) is 54.4 Å². The number of carbonyl (C=O) groups excluding carboxylic acids is 1. The van der Waals surface area contributed by atoms with Crippen molar-refractivity contribution in [2.45, 2.75) is 81.7 Å². The molecule has 1 saturated heterocycles. The molecular weight excluding hydrogens is 537 g/mol. The van der Waals surface area contributed by atoms with Gasteiger partial charge in [0.1, 0.15) is 12.2 Å². The summed E-state index contributed by atoms with van der Waals surface area (Å²) in [6.45, 7) is 8.32. The Labute approximate surface area is 228 Å². The van der Waals surface area contributed by atoms with Gasteiger partial charge in [0.15, 0.2) is 9.84 Å². The van der Waals surface area contributed by atoms with Gasteiger partial charge in [0, 0.05) is 16.1 Å². The van der Waals surface area contributed by atoms with Crippen molar-refractivity contribution in [1.82, 2.24) is 4.90 Å². The Morgan fingerprint density at radius 3 is 2.22 bits per heavy atom. The van der Waals surface area contributed by atoms with Gasteiger partial charge in [-0.05, 0) is 69.5 Å². The number of carboxylic acids is 1. The normalized spacial score (nSPS) is 22.5. The fraction of sp³-hybridized carbons (Fsp3) is 0.481. The maximum Gasteiger partial charge on any atom is 0.306 e. The molecule has 0 saturated carbocycles. The SMILES string of the molecule is CC[C@@H]([C@@H](C)S(=O)(=O)C(C)(C)C)N1C(=O)[C@@H](CC(=O)O)O[C@H](c2cccc(Cl)c2)[C@H]1c1ccc(Cl)cc1. The summed E-state index contributed by atoms with van der Waals surface area (Å²) < 4.78 is 32.2. The van der Waals surface area contributed by atoms with Crippen molar-refractivity contribution >= 4 is 44.9 Å². The second-order valence-electron chi connectivity index (χ2n) is 10.3. The maximum atomic E-state index is 13.9. The van der Waals surface area contributed by atoms with Crippen LogP contribution in [0.25, 0.3) is 0 Å². The van der Waals surface area contributed by atoms with Gasteiger partial charge in [0.25, 0.3) is 5.91 Å². The van der Waals surface area contributed by atoms with Crippen molar-refractivity contribution in [3.8, 4) is 0 Å². The molecule has 0 aliphatic carbocycles. The van der Waals surface area contributed by atoms with Crippen LogP contribution < -0.4 is 0 Å². The second kappa shape index (κ2) is 11.3. The van der Waals surface area contributed by atoms with Crippen LogP contribution in [0.5, 0.6) is 0 Å². The van der Waals surface area contributed by atoms with E-state index < -0.39 is 62.4 Å². The summed E-state index contributed by atoms with van der Waals surface area (Å²) in [5, 5.41) is 9.56. The number of carbonyl (C=O) groups is 2. The molecule has 2 aromatic rings. The Kier molecular flexibility index (Phi) is 9.00. The van der Waals surface area contributed by atoms with E-state index in [4.69, 9.17) is 27.9 Å². The summed E-state index contributed by atoms with van der Waals surface area (Å²) in [7, 11) is -3.70. The zero-order valence-corrected chi connectivity index (χ0v) is 23.8. The van der Waals surface area contributed by atoms with Crippen LogP contribution in [0.3, 0.4) is 0 Å². The van der Waals surface area contributed by atoms with E-state index in [9.17, 15) is 23.1 Å². The molecule has 7 nitrogen and oxygen atoms in total. The number of sulfone groups is 1. The number of halogens is 2. The fourth-order valence-corrected chi connectivity index (χ4v) is 7.06. The van der Waals surface area contributed by atoms with Crippen LogP contribution in [0.1, 0.15) is 70.7 Å².